The molecule has 0 aliphatic heterocycles. The number of methoxy groups -OCH3 is 1. The summed E-state index contributed by atoms with van der Waals surface area (Å²) in [5.41, 5.74) is 6.95. The molecule has 0 amide bonds. The molecule has 1 aliphatic rings. The van der Waals surface area contributed by atoms with Crippen LogP contribution in [0.5, 0.6) is 5.75 Å². The smallest absolute Gasteiger partial charge is 0.339 e. The highest BCUT2D eigenvalue weighted by Gasteiger charge is 2.26. The Bertz CT molecular complexity index is 1380. The van der Waals surface area contributed by atoms with Gasteiger partial charge in [-0.3, -0.25) is 0 Å². The first-order valence-corrected chi connectivity index (χ1v) is 11.4. The molecule has 1 aliphatic carbocycles. The molecule has 2 aromatic carbocycles. The van der Waals surface area contributed by atoms with E-state index in [1.807, 2.05) is 62.4 Å². The fourth-order valence-electron chi connectivity index (χ4n) is 4.53. The van der Waals surface area contributed by atoms with Crippen molar-refractivity contribution in [2.45, 2.75) is 39.7 Å². The number of fused-ring (bicyclic) bond motifs is 2. The average Bonchev–Trinajstić information content (AvgIpc) is 3.18. The zero-order chi connectivity index (χ0) is 23.7. The largest absolute Gasteiger partial charge is 0.497 e. The normalized spacial score (nSPS) is 14.3. The van der Waals surface area contributed by atoms with Crippen LogP contribution >= 0.6 is 0 Å². The number of carbonyl (C=O) groups excluding carboxylic acids is 1. The van der Waals surface area contributed by atoms with Gasteiger partial charge in [-0.25, -0.2) is 9.78 Å². The molecular weight excluding hydrogens is 428 g/mol. The van der Waals surface area contributed by atoms with Crippen molar-refractivity contribution in [3.05, 3.63) is 87.9 Å². The van der Waals surface area contributed by atoms with Crippen LogP contribution in [0.1, 0.15) is 57.0 Å². The van der Waals surface area contributed by atoms with Crippen LogP contribution in [-0.4, -0.2) is 23.2 Å². The average molecular weight is 455 g/mol. The molecule has 0 atom stereocenters. The second-order valence-corrected chi connectivity index (χ2v) is 8.51. The Kier molecular flexibility index (Phi) is 5.88. The number of para-hydroxylation sites is 1. The van der Waals surface area contributed by atoms with Gasteiger partial charge in [0.1, 0.15) is 18.1 Å². The third kappa shape index (κ3) is 4.07. The van der Waals surface area contributed by atoms with Crippen molar-refractivity contribution in [2.24, 2.45) is 0 Å². The van der Waals surface area contributed by atoms with Crippen LogP contribution in [0.15, 0.2) is 53.1 Å². The minimum absolute atomic E-state index is 0.125. The Hall–Kier alpha value is -3.93. The van der Waals surface area contributed by atoms with Gasteiger partial charge in [0.05, 0.1) is 35.1 Å². The van der Waals surface area contributed by atoms with E-state index in [4.69, 9.17) is 19.0 Å². The summed E-state index contributed by atoms with van der Waals surface area (Å²) in [6, 6.07) is 15.7. The number of pyridine rings is 1. The zero-order valence-electron chi connectivity index (χ0n) is 19.6. The van der Waals surface area contributed by atoms with Gasteiger partial charge in [-0.2, -0.15) is 0 Å². The number of aryl methyl sites for hydroxylation is 2. The Morgan fingerprint density at radius 1 is 1.09 bits per heavy atom. The van der Waals surface area contributed by atoms with Crippen molar-refractivity contribution in [3.63, 3.8) is 0 Å². The molecule has 0 spiro atoms. The maximum atomic E-state index is 13.4. The molecule has 4 aromatic rings. The van der Waals surface area contributed by atoms with Gasteiger partial charge in [0.2, 0.25) is 0 Å². The molecule has 6 nitrogen and oxygen atoms in total. The summed E-state index contributed by atoms with van der Waals surface area (Å²) in [5.74, 6) is 1.14. The lowest BCUT2D eigenvalue weighted by Gasteiger charge is -2.22. The Morgan fingerprint density at radius 3 is 2.62 bits per heavy atom. The minimum Gasteiger partial charge on any atom is -0.497 e. The molecule has 0 saturated carbocycles. The number of ether oxygens (including phenoxy) is 2. The van der Waals surface area contributed by atoms with Crippen molar-refractivity contribution in [1.82, 2.24) is 10.1 Å². The summed E-state index contributed by atoms with van der Waals surface area (Å²) >= 11 is 0. The summed E-state index contributed by atoms with van der Waals surface area (Å²) in [6.07, 6.45) is 4.78. The van der Waals surface area contributed by atoms with E-state index in [-0.39, 0.29) is 12.6 Å². The van der Waals surface area contributed by atoms with Crippen LogP contribution in [0, 0.1) is 13.8 Å². The number of benzene rings is 2. The van der Waals surface area contributed by atoms with E-state index in [1.54, 1.807) is 7.11 Å². The Labute approximate surface area is 198 Å². The van der Waals surface area contributed by atoms with E-state index >= 15 is 0 Å². The second-order valence-electron chi connectivity index (χ2n) is 8.51. The van der Waals surface area contributed by atoms with Crippen molar-refractivity contribution in [3.8, 4) is 5.75 Å². The quantitative estimate of drug-likeness (QED) is 0.340. The summed E-state index contributed by atoms with van der Waals surface area (Å²) in [5, 5.41) is 4.77. The van der Waals surface area contributed by atoms with E-state index in [9.17, 15) is 4.79 Å². The molecule has 172 valence electrons. The van der Waals surface area contributed by atoms with Crippen LogP contribution in [0.3, 0.4) is 0 Å². The van der Waals surface area contributed by atoms with Crippen LogP contribution in [-0.2, 0) is 17.8 Å². The van der Waals surface area contributed by atoms with Crippen molar-refractivity contribution >= 4 is 28.5 Å². The van der Waals surface area contributed by atoms with Crippen LogP contribution < -0.4 is 4.74 Å². The molecule has 0 fully saturated rings. The van der Waals surface area contributed by atoms with Gasteiger partial charge < -0.3 is 14.0 Å². The number of rotatable bonds is 5. The van der Waals surface area contributed by atoms with Crippen LogP contribution in [0.4, 0.5) is 0 Å². The van der Waals surface area contributed by atoms with Gasteiger partial charge in [-0.15, -0.1) is 0 Å². The van der Waals surface area contributed by atoms with Gasteiger partial charge in [-0.1, -0.05) is 35.5 Å². The van der Waals surface area contributed by atoms with Gasteiger partial charge in [0.25, 0.3) is 0 Å². The van der Waals surface area contributed by atoms with Gasteiger partial charge in [-0.05, 0) is 74.1 Å². The number of aromatic nitrogens is 2. The third-order valence-corrected chi connectivity index (χ3v) is 6.36. The molecule has 0 unspecified atom stereocenters. The Morgan fingerprint density at radius 2 is 1.88 bits per heavy atom. The molecule has 0 bridgehead atoms. The number of hydrogen-bond acceptors (Lipinski definition) is 6. The van der Waals surface area contributed by atoms with Crippen LogP contribution in [0.2, 0.25) is 0 Å². The molecule has 5 rings (SSSR count). The molecule has 6 heteroatoms. The molecule has 2 aromatic heterocycles. The van der Waals surface area contributed by atoms with E-state index in [0.717, 1.165) is 69.6 Å². The number of esters is 1. The Balaban J connectivity index is 1.57. The zero-order valence-corrected chi connectivity index (χ0v) is 19.6. The predicted molar refractivity (Wildman–Crippen MR) is 131 cm³/mol. The topological polar surface area (TPSA) is 74.5 Å². The van der Waals surface area contributed by atoms with Crippen molar-refractivity contribution < 1.29 is 18.8 Å². The molecular formula is C28H26N2O4. The fraction of sp³-hybridized carbons (Fsp3) is 0.250. The van der Waals surface area contributed by atoms with E-state index in [0.29, 0.717) is 11.3 Å². The van der Waals surface area contributed by atoms with Crippen molar-refractivity contribution in [2.75, 3.05) is 7.11 Å². The standard InChI is InChI=1S/C28H26N2O4/c1-17-24(18(2)34-30-17)16-33-28(31)26-22-8-4-5-10-25(22)29-27-20(7-6-9-23(26)27)15-19-11-13-21(32-3)14-12-19/h4-5,8,10-15H,6-7,9,16H2,1-3H3. The first kappa shape index (κ1) is 21.9. The number of allylic oxidation sites excluding steroid dienone is 1. The van der Waals surface area contributed by atoms with Gasteiger partial charge >= 0.3 is 5.97 Å². The number of nitrogens with zero attached hydrogens (tertiary/aromatic N) is 2. The highest BCUT2D eigenvalue weighted by molar-refractivity contribution is 6.06. The first-order chi connectivity index (χ1) is 16.5. The number of hydrogen-bond donors (Lipinski definition) is 0. The molecule has 34 heavy (non-hydrogen) atoms. The lowest BCUT2D eigenvalue weighted by atomic mass is 9.86. The first-order valence-electron chi connectivity index (χ1n) is 11.4. The van der Waals surface area contributed by atoms with E-state index in [1.165, 1.54) is 0 Å². The minimum atomic E-state index is -0.347. The summed E-state index contributed by atoms with van der Waals surface area (Å²) in [4.78, 5) is 18.4. The molecule has 0 saturated heterocycles. The van der Waals surface area contributed by atoms with Crippen LogP contribution in [0.25, 0.3) is 22.6 Å². The maximum absolute atomic E-state index is 13.4. The summed E-state index contributed by atoms with van der Waals surface area (Å²) < 4.78 is 16.3. The second kappa shape index (κ2) is 9.14. The summed E-state index contributed by atoms with van der Waals surface area (Å²) in [6.45, 7) is 3.79. The highest BCUT2D eigenvalue weighted by Crippen LogP contribution is 2.36. The SMILES string of the molecule is COc1ccc(C=C2CCCc3c2nc2ccccc2c3C(=O)OCc2c(C)noc2C)cc1. The lowest BCUT2D eigenvalue weighted by molar-refractivity contribution is 0.0471. The van der Waals surface area contributed by atoms with E-state index < -0.39 is 0 Å². The maximum Gasteiger partial charge on any atom is 0.339 e. The third-order valence-electron chi connectivity index (χ3n) is 6.36. The van der Waals surface area contributed by atoms with Gasteiger partial charge in [0.15, 0.2) is 0 Å². The molecule has 0 N–H and O–H groups in total. The molecule has 0 radical (unpaired) electrons. The van der Waals surface area contributed by atoms with E-state index in [2.05, 4.69) is 11.2 Å². The molecule has 2 heterocycles. The summed E-state index contributed by atoms with van der Waals surface area (Å²) in [7, 11) is 1.66. The monoisotopic (exact) mass is 454 g/mol. The predicted octanol–water partition coefficient (Wildman–Crippen LogP) is 6.08. The fourth-order valence-corrected chi connectivity index (χ4v) is 4.53. The van der Waals surface area contributed by atoms with Crippen molar-refractivity contribution in [1.29, 1.82) is 0 Å². The highest BCUT2D eigenvalue weighted by atomic mass is 16.5. The lowest BCUT2D eigenvalue weighted by Crippen LogP contribution is -2.15. The van der Waals surface area contributed by atoms with Gasteiger partial charge in [0, 0.05) is 5.39 Å². The number of carbonyl (C=O) groups is 1.